The normalized spacial score (nSPS) is 13.0. The Morgan fingerprint density at radius 2 is 2.04 bits per heavy atom. The number of hydrogen-bond acceptors (Lipinski definition) is 4. The summed E-state index contributed by atoms with van der Waals surface area (Å²) in [6.45, 7) is 1.01. The van der Waals surface area contributed by atoms with Gasteiger partial charge in [-0.15, -0.1) is 0 Å². The van der Waals surface area contributed by atoms with Gasteiger partial charge in [0.15, 0.2) is 0 Å². The summed E-state index contributed by atoms with van der Waals surface area (Å²) in [7, 11) is 1.76. The van der Waals surface area contributed by atoms with Gasteiger partial charge in [-0.05, 0) is 53.2 Å². The standard InChI is InChI=1S/C18H19BrN4O2/c1-22(11-17(24)21-16-7-6-14(19)10-20-16)12-18(25)23-9-8-13-4-2-3-5-15(13)23/h2-7,10H,8-9,11-12H2,1H3,(H,20,21,24). The molecule has 0 aliphatic carbocycles. The Labute approximate surface area is 155 Å². The van der Waals surface area contributed by atoms with Gasteiger partial charge in [0.05, 0.1) is 13.1 Å². The van der Waals surface area contributed by atoms with Crippen LogP contribution < -0.4 is 10.2 Å². The second-order valence-corrected chi connectivity index (χ2v) is 6.92. The molecule has 0 atom stereocenters. The summed E-state index contributed by atoms with van der Waals surface area (Å²) in [6, 6.07) is 11.5. The molecule has 2 aromatic rings. The lowest BCUT2D eigenvalue weighted by Gasteiger charge is -2.21. The van der Waals surface area contributed by atoms with E-state index in [0.29, 0.717) is 12.4 Å². The molecular formula is C18H19BrN4O2. The van der Waals surface area contributed by atoms with E-state index in [2.05, 4.69) is 26.2 Å². The van der Waals surface area contributed by atoms with Crippen LogP contribution in [-0.4, -0.2) is 48.4 Å². The van der Waals surface area contributed by atoms with Crippen LogP contribution in [0.3, 0.4) is 0 Å². The van der Waals surface area contributed by atoms with Gasteiger partial charge in [0, 0.05) is 22.9 Å². The molecule has 2 amide bonds. The van der Waals surface area contributed by atoms with Crippen molar-refractivity contribution in [3.05, 3.63) is 52.6 Å². The monoisotopic (exact) mass is 402 g/mol. The number of para-hydroxylation sites is 1. The highest BCUT2D eigenvalue weighted by Crippen LogP contribution is 2.27. The molecule has 0 saturated carbocycles. The number of rotatable bonds is 5. The van der Waals surface area contributed by atoms with Crippen LogP contribution in [0.15, 0.2) is 47.1 Å². The highest BCUT2D eigenvalue weighted by Gasteiger charge is 2.25. The maximum atomic E-state index is 12.5. The molecule has 25 heavy (non-hydrogen) atoms. The molecule has 6 nitrogen and oxygen atoms in total. The first-order valence-electron chi connectivity index (χ1n) is 8.01. The Balaban J connectivity index is 1.52. The van der Waals surface area contributed by atoms with Crippen molar-refractivity contribution in [3.63, 3.8) is 0 Å². The van der Waals surface area contributed by atoms with Crippen molar-refractivity contribution < 1.29 is 9.59 Å². The van der Waals surface area contributed by atoms with Gasteiger partial charge in [-0.25, -0.2) is 4.98 Å². The fourth-order valence-corrected chi connectivity index (χ4v) is 3.08. The predicted molar refractivity (Wildman–Crippen MR) is 101 cm³/mol. The molecule has 0 unspecified atom stereocenters. The van der Waals surface area contributed by atoms with Crippen LogP contribution in [0.5, 0.6) is 0 Å². The molecule has 3 rings (SSSR count). The van der Waals surface area contributed by atoms with Crippen LogP contribution in [0.4, 0.5) is 11.5 Å². The van der Waals surface area contributed by atoms with Gasteiger partial charge >= 0.3 is 0 Å². The SMILES string of the molecule is CN(CC(=O)Nc1ccc(Br)cn1)CC(=O)N1CCc2ccccc21. The topological polar surface area (TPSA) is 65.5 Å². The van der Waals surface area contributed by atoms with E-state index in [4.69, 9.17) is 0 Å². The molecule has 0 saturated heterocycles. The van der Waals surface area contributed by atoms with E-state index in [1.54, 1.807) is 35.2 Å². The van der Waals surface area contributed by atoms with Gasteiger partial charge in [-0.2, -0.15) is 0 Å². The van der Waals surface area contributed by atoms with Crippen molar-refractivity contribution in [2.75, 3.05) is 36.9 Å². The van der Waals surface area contributed by atoms with E-state index < -0.39 is 0 Å². The molecule has 1 aliphatic heterocycles. The quantitative estimate of drug-likeness (QED) is 0.832. The number of likely N-dealkylation sites (N-methyl/N-ethyl adjacent to an activating group) is 1. The molecule has 0 spiro atoms. The van der Waals surface area contributed by atoms with Gasteiger partial charge in [-0.1, -0.05) is 18.2 Å². The van der Waals surface area contributed by atoms with Crippen LogP contribution in [0, 0.1) is 0 Å². The molecule has 1 N–H and O–H groups in total. The summed E-state index contributed by atoms with van der Waals surface area (Å²) in [5.74, 6) is 0.287. The van der Waals surface area contributed by atoms with Gasteiger partial charge < -0.3 is 10.2 Å². The third kappa shape index (κ3) is 4.43. The maximum absolute atomic E-state index is 12.5. The molecule has 130 valence electrons. The van der Waals surface area contributed by atoms with E-state index in [9.17, 15) is 9.59 Å². The van der Waals surface area contributed by atoms with Crippen molar-refractivity contribution >= 4 is 39.2 Å². The van der Waals surface area contributed by atoms with Crippen LogP contribution in [-0.2, 0) is 16.0 Å². The van der Waals surface area contributed by atoms with E-state index in [1.165, 1.54) is 5.56 Å². The van der Waals surface area contributed by atoms with Crippen LogP contribution in [0.2, 0.25) is 0 Å². The Kier molecular flexibility index (Phi) is 5.45. The van der Waals surface area contributed by atoms with Crippen molar-refractivity contribution in [2.24, 2.45) is 0 Å². The number of fused-ring (bicyclic) bond motifs is 1. The lowest BCUT2D eigenvalue weighted by molar-refractivity contribution is -0.120. The number of carbonyl (C=O) groups is 2. The first-order chi connectivity index (χ1) is 12.0. The van der Waals surface area contributed by atoms with Crippen molar-refractivity contribution in [2.45, 2.75) is 6.42 Å². The number of pyridine rings is 1. The molecule has 7 heteroatoms. The molecular weight excluding hydrogens is 384 g/mol. The summed E-state index contributed by atoms with van der Waals surface area (Å²) in [6.07, 6.45) is 2.50. The minimum Gasteiger partial charge on any atom is -0.311 e. The average Bonchev–Trinajstić information content (AvgIpc) is 3.01. The number of nitrogens with zero attached hydrogens (tertiary/aromatic N) is 3. The Morgan fingerprint density at radius 3 is 2.80 bits per heavy atom. The van der Waals surface area contributed by atoms with Crippen molar-refractivity contribution in [1.29, 1.82) is 0 Å². The highest BCUT2D eigenvalue weighted by molar-refractivity contribution is 9.10. The maximum Gasteiger partial charge on any atom is 0.241 e. The van der Waals surface area contributed by atoms with Gasteiger partial charge in [0.25, 0.3) is 0 Å². The number of amides is 2. The minimum absolute atomic E-state index is 0.00187. The largest absolute Gasteiger partial charge is 0.311 e. The van der Waals surface area contributed by atoms with Crippen LogP contribution in [0.1, 0.15) is 5.56 Å². The van der Waals surface area contributed by atoms with E-state index >= 15 is 0 Å². The second kappa shape index (κ2) is 7.76. The zero-order chi connectivity index (χ0) is 17.8. The fraction of sp³-hybridized carbons (Fsp3) is 0.278. The number of benzene rings is 1. The third-order valence-electron chi connectivity index (χ3n) is 4.00. The lowest BCUT2D eigenvalue weighted by atomic mass is 10.2. The molecule has 1 aromatic carbocycles. The molecule has 0 bridgehead atoms. The Hall–Kier alpha value is -2.25. The van der Waals surface area contributed by atoms with Gasteiger partial charge in [0.1, 0.15) is 5.82 Å². The number of aromatic nitrogens is 1. The van der Waals surface area contributed by atoms with Crippen molar-refractivity contribution in [3.8, 4) is 0 Å². The van der Waals surface area contributed by atoms with Gasteiger partial charge in [-0.3, -0.25) is 14.5 Å². The second-order valence-electron chi connectivity index (χ2n) is 6.01. The van der Waals surface area contributed by atoms with Crippen LogP contribution in [0.25, 0.3) is 0 Å². The average molecular weight is 403 g/mol. The Bertz CT molecular complexity index is 779. The zero-order valence-corrected chi connectivity index (χ0v) is 15.5. The summed E-state index contributed by atoms with van der Waals surface area (Å²) in [5.41, 5.74) is 2.17. The first-order valence-corrected chi connectivity index (χ1v) is 8.80. The Morgan fingerprint density at radius 1 is 1.24 bits per heavy atom. The van der Waals surface area contributed by atoms with Gasteiger partial charge in [0.2, 0.25) is 11.8 Å². The number of anilines is 2. The first kappa shape index (κ1) is 17.6. The van der Waals surface area contributed by atoms with E-state index in [0.717, 1.165) is 16.6 Å². The van der Waals surface area contributed by atoms with E-state index in [1.807, 2.05) is 24.3 Å². The smallest absolute Gasteiger partial charge is 0.241 e. The molecule has 0 fully saturated rings. The van der Waals surface area contributed by atoms with Crippen LogP contribution >= 0.6 is 15.9 Å². The highest BCUT2D eigenvalue weighted by atomic mass is 79.9. The predicted octanol–water partition coefficient (Wildman–Crippen LogP) is 2.30. The zero-order valence-electron chi connectivity index (χ0n) is 13.9. The van der Waals surface area contributed by atoms with Crippen molar-refractivity contribution in [1.82, 2.24) is 9.88 Å². The number of nitrogens with one attached hydrogen (secondary N) is 1. The minimum atomic E-state index is -0.202. The molecule has 1 aromatic heterocycles. The fourth-order valence-electron chi connectivity index (χ4n) is 2.85. The summed E-state index contributed by atoms with van der Waals surface area (Å²) >= 11 is 3.30. The third-order valence-corrected chi connectivity index (χ3v) is 4.47. The lowest BCUT2D eigenvalue weighted by Crippen LogP contribution is -2.40. The van der Waals surface area contributed by atoms with E-state index in [-0.39, 0.29) is 24.9 Å². The summed E-state index contributed by atoms with van der Waals surface area (Å²) in [5, 5.41) is 2.72. The number of hydrogen-bond donors (Lipinski definition) is 1. The summed E-state index contributed by atoms with van der Waals surface area (Å²) in [4.78, 5) is 32.2. The molecule has 1 aliphatic rings. The molecule has 0 radical (unpaired) electrons. The summed E-state index contributed by atoms with van der Waals surface area (Å²) < 4.78 is 0.846. The number of carbonyl (C=O) groups excluding carboxylic acids is 2. The molecule has 2 heterocycles. The number of halogens is 1.